The first kappa shape index (κ1) is 32.5. The monoisotopic (exact) mass is 704 g/mol. The molecule has 55 heavy (non-hydrogen) atoms. The van der Waals surface area contributed by atoms with Crippen molar-refractivity contribution >= 4 is 0 Å². The second-order valence-corrected chi connectivity index (χ2v) is 14.0. The third-order valence-electron chi connectivity index (χ3n) is 10.9. The van der Waals surface area contributed by atoms with E-state index in [0.29, 0.717) is 0 Å². The molecule has 10 rings (SSSR count). The van der Waals surface area contributed by atoms with E-state index in [-0.39, 0.29) is 0 Å². The lowest BCUT2D eigenvalue weighted by Gasteiger charge is -2.41. The van der Waals surface area contributed by atoms with Gasteiger partial charge in [-0.3, -0.25) is 0 Å². The molecule has 1 aliphatic heterocycles. The second-order valence-electron chi connectivity index (χ2n) is 14.0. The highest BCUT2D eigenvalue weighted by molar-refractivity contribution is 5.87. The van der Waals surface area contributed by atoms with Crippen molar-refractivity contribution in [1.82, 2.24) is 0 Å². The van der Waals surface area contributed by atoms with Crippen molar-refractivity contribution in [2.45, 2.75) is 5.41 Å². The molecule has 0 unspecified atom stereocenters. The number of ether oxygens (including phenoxy) is 1. The summed E-state index contributed by atoms with van der Waals surface area (Å²) in [4.78, 5) is 0. The van der Waals surface area contributed by atoms with E-state index in [0.717, 1.165) is 50.8 Å². The van der Waals surface area contributed by atoms with Crippen molar-refractivity contribution in [3.8, 4) is 67.5 Å². The van der Waals surface area contributed by atoms with Crippen LogP contribution in [0.1, 0.15) is 22.3 Å². The van der Waals surface area contributed by atoms with Crippen LogP contribution in [0, 0.1) is 0 Å². The number of hydrogen-bond donors (Lipinski definition) is 0. The Balaban J connectivity index is 0.993. The van der Waals surface area contributed by atoms with Crippen LogP contribution < -0.4 is 4.74 Å². The van der Waals surface area contributed by atoms with Gasteiger partial charge in [-0.1, -0.05) is 188 Å². The molecule has 9 aromatic rings. The predicted octanol–water partition coefficient (Wildman–Crippen LogP) is 14.1. The predicted molar refractivity (Wildman–Crippen MR) is 224 cm³/mol. The topological polar surface area (TPSA) is 22.4 Å². The minimum Gasteiger partial charge on any atom is -0.457 e. The molecular formula is C53H36O2. The molecule has 0 spiro atoms. The van der Waals surface area contributed by atoms with Crippen LogP contribution in [-0.2, 0) is 5.41 Å². The highest BCUT2D eigenvalue weighted by Gasteiger charge is 2.45. The van der Waals surface area contributed by atoms with Crippen LogP contribution >= 0.6 is 0 Å². The average molecular weight is 705 g/mol. The number of para-hydroxylation sites is 1. The van der Waals surface area contributed by atoms with E-state index in [1.165, 1.54) is 38.9 Å². The lowest BCUT2D eigenvalue weighted by atomic mass is 9.63. The lowest BCUT2D eigenvalue weighted by molar-refractivity contribution is 0.434. The summed E-state index contributed by atoms with van der Waals surface area (Å²) in [6, 6.07) is 77.2. The first-order chi connectivity index (χ1) is 27.3. The van der Waals surface area contributed by atoms with Gasteiger partial charge in [-0.05, 0) is 74.8 Å². The summed E-state index contributed by atoms with van der Waals surface area (Å²) in [6.07, 6.45) is 0. The van der Waals surface area contributed by atoms with Gasteiger partial charge in [-0.25, -0.2) is 0 Å². The molecule has 8 aromatic carbocycles. The first-order valence-corrected chi connectivity index (χ1v) is 18.7. The van der Waals surface area contributed by atoms with Crippen molar-refractivity contribution in [2.24, 2.45) is 0 Å². The molecular weight excluding hydrogens is 669 g/mol. The van der Waals surface area contributed by atoms with Crippen LogP contribution in [0.3, 0.4) is 0 Å². The molecule has 0 bridgehead atoms. The van der Waals surface area contributed by atoms with Crippen LogP contribution in [-0.4, -0.2) is 0 Å². The maximum absolute atomic E-state index is 6.71. The van der Waals surface area contributed by atoms with Gasteiger partial charge in [0, 0.05) is 22.3 Å². The Kier molecular flexibility index (Phi) is 8.08. The maximum Gasteiger partial charge on any atom is 0.134 e. The zero-order valence-electron chi connectivity index (χ0n) is 30.1. The van der Waals surface area contributed by atoms with E-state index in [4.69, 9.17) is 9.15 Å². The fraction of sp³-hybridized carbons (Fsp3) is 0.0189. The molecule has 0 saturated carbocycles. The van der Waals surface area contributed by atoms with Gasteiger partial charge in [0.15, 0.2) is 0 Å². The van der Waals surface area contributed by atoms with E-state index >= 15 is 0 Å². The average Bonchev–Trinajstić information content (AvgIpc) is 3.77. The van der Waals surface area contributed by atoms with Crippen molar-refractivity contribution in [2.75, 3.05) is 0 Å². The summed E-state index contributed by atoms with van der Waals surface area (Å²) < 4.78 is 13.3. The van der Waals surface area contributed by atoms with Crippen molar-refractivity contribution in [3.63, 3.8) is 0 Å². The van der Waals surface area contributed by atoms with Gasteiger partial charge in [0.2, 0.25) is 0 Å². The van der Waals surface area contributed by atoms with Gasteiger partial charge in [0.1, 0.15) is 23.0 Å². The summed E-state index contributed by atoms with van der Waals surface area (Å²) in [7, 11) is 0. The van der Waals surface area contributed by atoms with Gasteiger partial charge in [-0.15, -0.1) is 0 Å². The molecule has 2 heterocycles. The highest BCUT2D eigenvalue weighted by Crippen LogP contribution is 2.55. The quantitative estimate of drug-likeness (QED) is 0.165. The zero-order valence-corrected chi connectivity index (χ0v) is 30.1. The normalized spacial score (nSPS) is 12.7. The molecule has 0 amide bonds. The van der Waals surface area contributed by atoms with E-state index in [2.05, 4.69) is 212 Å². The molecule has 2 heteroatoms. The molecule has 0 fully saturated rings. The lowest BCUT2D eigenvalue weighted by Crippen LogP contribution is -2.34. The number of hydrogen-bond acceptors (Lipinski definition) is 2. The molecule has 260 valence electrons. The van der Waals surface area contributed by atoms with E-state index in [1.54, 1.807) is 0 Å². The summed E-state index contributed by atoms with van der Waals surface area (Å²) in [5.74, 6) is 3.28. The number of rotatable bonds is 7. The van der Waals surface area contributed by atoms with E-state index in [9.17, 15) is 0 Å². The van der Waals surface area contributed by atoms with E-state index < -0.39 is 5.41 Å². The Morgan fingerprint density at radius 1 is 0.291 bits per heavy atom. The molecule has 1 aromatic heterocycles. The Hall–Kier alpha value is -7.16. The third kappa shape index (κ3) is 5.67. The third-order valence-corrected chi connectivity index (χ3v) is 10.9. The highest BCUT2D eigenvalue weighted by atomic mass is 16.5. The SMILES string of the molecule is c1ccc(-c2ccc(-c3ccc(-c4ccc(-c5ccc6c(c5)Oc5ccccc5C6(c5ccccc5)c5ccccc5)o4)cc3)cc2-c2ccccc2)cc1. The molecule has 0 radical (unpaired) electrons. The van der Waals surface area contributed by atoms with Crippen molar-refractivity contribution in [3.05, 3.63) is 241 Å². The van der Waals surface area contributed by atoms with E-state index in [1.807, 2.05) is 6.07 Å². The smallest absolute Gasteiger partial charge is 0.134 e. The van der Waals surface area contributed by atoms with Gasteiger partial charge in [0.05, 0.1) is 5.41 Å². The molecule has 0 atom stereocenters. The summed E-state index contributed by atoms with van der Waals surface area (Å²) in [5, 5.41) is 0. The molecule has 0 aliphatic carbocycles. The van der Waals surface area contributed by atoms with Crippen LogP contribution in [0.5, 0.6) is 11.5 Å². The number of furan rings is 1. The van der Waals surface area contributed by atoms with Crippen LogP contribution in [0.4, 0.5) is 0 Å². The first-order valence-electron chi connectivity index (χ1n) is 18.7. The molecule has 1 aliphatic rings. The Labute approximate surface area is 321 Å². The minimum absolute atomic E-state index is 0.551. The van der Waals surface area contributed by atoms with Gasteiger partial charge in [0.25, 0.3) is 0 Å². The Morgan fingerprint density at radius 3 is 1.44 bits per heavy atom. The van der Waals surface area contributed by atoms with Gasteiger partial charge < -0.3 is 9.15 Å². The number of fused-ring (bicyclic) bond motifs is 2. The van der Waals surface area contributed by atoms with Crippen LogP contribution in [0.15, 0.2) is 223 Å². The standard InChI is InChI=1S/C53H36O2/c1-5-15-38(16-6-1)45-31-29-41(35-46(45)39-17-7-2-8-18-39)37-25-27-40(28-26-37)49-33-34-50(54-49)42-30-32-48-52(36-42)55-51-24-14-13-23-47(51)53(48,43-19-9-3-10-20-43)44-21-11-4-12-22-44/h1-36H. The zero-order chi connectivity index (χ0) is 36.6. The Morgan fingerprint density at radius 2 is 0.782 bits per heavy atom. The molecule has 0 saturated heterocycles. The largest absolute Gasteiger partial charge is 0.457 e. The van der Waals surface area contributed by atoms with Gasteiger partial charge >= 0.3 is 0 Å². The number of benzene rings is 8. The molecule has 0 N–H and O–H groups in total. The second kappa shape index (κ2) is 13.7. The van der Waals surface area contributed by atoms with Gasteiger partial charge in [-0.2, -0.15) is 0 Å². The van der Waals surface area contributed by atoms with Crippen LogP contribution in [0.2, 0.25) is 0 Å². The fourth-order valence-electron chi connectivity index (χ4n) is 8.29. The minimum atomic E-state index is -0.551. The summed E-state index contributed by atoms with van der Waals surface area (Å²) in [6.45, 7) is 0. The Bertz CT molecular complexity index is 2710. The van der Waals surface area contributed by atoms with Crippen molar-refractivity contribution in [1.29, 1.82) is 0 Å². The van der Waals surface area contributed by atoms with Crippen LogP contribution in [0.25, 0.3) is 56.0 Å². The summed E-state index contributed by atoms with van der Waals surface area (Å²) in [5.41, 5.74) is 13.2. The summed E-state index contributed by atoms with van der Waals surface area (Å²) >= 11 is 0. The fourth-order valence-corrected chi connectivity index (χ4v) is 8.29. The van der Waals surface area contributed by atoms with Crippen molar-refractivity contribution < 1.29 is 9.15 Å². The maximum atomic E-state index is 6.71. The molecule has 2 nitrogen and oxygen atoms in total.